The summed E-state index contributed by atoms with van der Waals surface area (Å²) in [7, 11) is 0. The van der Waals surface area contributed by atoms with Crippen LogP contribution in [0.25, 0.3) is 0 Å². The molecule has 0 amide bonds. The molecule has 1 N–H and O–H groups in total. The predicted molar refractivity (Wildman–Crippen MR) is 21.6 cm³/mol. The van der Waals surface area contributed by atoms with E-state index in [-0.39, 0.29) is 0 Å². The Bertz CT molecular complexity index is 41.0. The normalized spacial score (nSPS) is 6.00. The minimum atomic E-state index is -1.50. The average Bonchev–Trinajstić information content (AvgIpc) is 1.33. The van der Waals surface area contributed by atoms with Gasteiger partial charge >= 0.3 is 0 Å². The molecule has 0 spiro atoms. The largest absolute Gasteiger partial charge is 0.328 e. The van der Waals surface area contributed by atoms with Crippen LogP contribution in [0.4, 0.5) is 0 Å². The second kappa shape index (κ2) is 9.22. The summed E-state index contributed by atoms with van der Waals surface area (Å²) < 4.78 is 3.19. The molecule has 5 nitrogen and oxygen atoms in total. The third-order valence-electron chi connectivity index (χ3n) is 0. The smallest absolute Gasteiger partial charge is 0.291 e. The highest BCUT2D eigenvalue weighted by Gasteiger charge is 1.65. The van der Waals surface area contributed by atoms with E-state index in [0.29, 0.717) is 0 Å². The van der Waals surface area contributed by atoms with Crippen molar-refractivity contribution in [1.82, 2.24) is 0 Å². The van der Waals surface area contributed by atoms with Gasteiger partial charge < -0.3 is 5.21 Å². The summed E-state index contributed by atoms with van der Waals surface area (Å²) in [5, 5.41) is 13.6. The van der Waals surface area contributed by atoms with Gasteiger partial charge in [0.15, 0.2) is 0 Å². The van der Waals surface area contributed by atoms with Crippen LogP contribution >= 0.6 is 23.7 Å². The Labute approximate surface area is 48.8 Å². The zero-order valence-corrected chi connectivity index (χ0v) is 4.39. The maximum Gasteiger partial charge on any atom is 0.291 e. The van der Waals surface area contributed by atoms with E-state index in [4.69, 9.17) is 15.3 Å². The molecule has 0 aliphatic heterocycles. The molecular weight excluding hydrogens is 149 g/mol. The fourth-order valence-corrected chi connectivity index (χ4v) is 0. The maximum absolute atomic E-state index is 8.36. The Kier molecular flexibility index (Phi) is 13.0. The van der Waals surface area contributed by atoms with Gasteiger partial charge in [0.25, 0.3) is 5.09 Å². The maximum atomic E-state index is 8.36. The van der Waals surface area contributed by atoms with Gasteiger partial charge in [-0.1, -0.05) is 0 Å². The number of halogens is 2. The van der Waals surface area contributed by atoms with Crippen molar-refractivity contribution < 1.29 is 14.1 Å². The molecule has 0 aromatic rings. The molecular formula is HCl2NO4. The van der Waals surface area contributed by atoms with Crippen LogP contribution in [0, 0.1) is 10.1 Å². The molecule has 7 heavy (non-hydrogen) atoms. The van der Waals surface area contributed by atoms with Crippen LogP contribution in [-0.2, 0) is 3.84 Å². The van der Waals surface area contributed by atoms with Crippen LogP contribution in [0.2, 0.25) is 0 Å². The van der Waals surface area contributed by atoms with Crippen LogP contribution < -0.4 is 0 Å². The standard InChI is InChI=1S/Cl2O.HNO3/c1-3-2;2-1(3)4/h;(H,2,3,4). The molecule has 0 fully saturated rings. The van der Waals surface area contributed by atoms with Gasteiger partial charge in [0.2, 0.25) is 0 Å². The average molecular weight is 150 g/mol. The van der Waals surface area contributed by atoms with Gasteiger partial charge in [0.1, 0.15) is 0 Å². The number of rotatable bonds is 0. The lowest BCUT2D eigenvalue weighted by molar-refractivity contribution is -0.742. The van der Waals surface area contributed by atoms with Crippen molar-refractivity contribution in [1.29, 1.82) is 0 Å². The van der Waals surface area contributed by atoms with E-state index in [1.54, 1.807) is 0 Å². The molecule has 7 heteroatoms. The molecule has 0 bridgehead atoms. The summed E-state index contributed by atoms with van der Waals surface area (Å²) in [6.07, 6.45) is 0. The van der Waals surface area contributed by atoms with E-state index in [1.165, 1.54) is 0 Å². The van der Waals surface area contributed by atoms with E-state index < -0.39 is 5.09 Å². The van der Waals surface area contributed by atoms with Crippen molar-refractivity contribution in [2.45, 2.75) is 0 Å². The minimum absolute atomic E-state index is 1.50. The number of hydrogen-bond donors (Lipinski definition) is 1. The number of hydrogen-bond acceptors (Lipinski definition) is 3. The molecule has 44 valence electrons. The summed E-state index contributed by atoms with van der Waals surface area (Å²) in [4.78, 5) is 8.36. The van der Waals surface area contributed by atoms with Gasteiger partial charge in [-0.05, 0) is 0 Å². The third kappa shape index (κ3) is 1190. The van der Waals surface area contributed by atoms with Crippen molar-refractivity contribution in [3.63, 3.8) is 0 Å². The Morgan fingerprint density at radius 1 is 1.71 bits per heavy atom. The van der Waals surface area contributed by atoms with E-state index in [9.17, 15) is 0 Å². The van der Waals surface area contributed by atoms with Crippen molar-refractivity contribution in [3.05, 3.63) is 10.1 Å². The quantitative estimate of drug-likeness (QED) is 0.412. The lowest BCUT2D eigenvalue weighted by atomic mass is 13.1. The van der Waals surface area contributed by atoms with Crippen molar-refractivity contribution in [2.24, 2.45) is 0 Å². The monoisotopic (exact) mass is 149 g/mol. The molecule has 0 aliphatic carbocycles. The minimum Gasteiger partial charge on any atom is -0.328 e. The Hall–Kier alpha value is -0.260. The molecule has 0 saturated carbocycles. The van der Waals surface area contributed by atoms with Gasteiger partial charge in [-0.25, -0.2) is 0 Å². The second-order valence-electron chi connectivity index (χ2n) is 0.296. The Morgan fingerprint density at radius 2 is 1.71 bits per heavy atom. The zero-order valence-electron chi connectivity index (χ0n) is 2.88. The SMILES string of the molecule is ClOCl.O=[N+]([O-])O. The van der Waals surface area contributed by atoms with Gasteiger partial charge in [0.05, 0.1) is 23.7 Å². The highest BCUT2D eigenvalue weighted by molar-refractivity contribution is 6.24. The third-order valence-corrected chi connectivity index (χ3v) is 0. The summed E-state index contributed by atoms with van der Waals surface area (Å²) in [6.45, 7) is 0. The second-order valence-corrected chi connectivity index (χ2v) is 0.763. The molecule has 0 unspecified atom stereocenters. The fraction of sp³-hybridized carbons (Fsp3) is 0. The van der Waals surface area contributed by atoms with E-state index in [0.717, 1.165) is 0 Å². The number of nitrogens with zero attached hydrogens (tertiary/aromatic N) is 1. The van der Waals surface area contributed by atoms with Crippen LogP contribution in [0.3, 0.4) is 0 Å². The molecule has 0 atom stereocenters. The molecule has 0 radical (unpaired) electrons. The van der Waals surface area contributed by atoms with E-state index in [2.05, 4.69) is 27.6 Å². The van der Waals surface area contributed by atoms with Crippen molar-refractivity contribution in [3.8, 4) is 0 Å². The highest BCUT2D eigenvalue weighted by Crippen LogP contribution is 1.78. The van der Waals surface area contributed by atoms with Gasteiger partial charge in [-0.2, -0.15) is 3.84 Å². The first-order valence-corrected chi connectivity index (χ1v) is 1.49. The highest BCUT2D eigenvalue weighted by atomic mass is 35.6. The topological polar surface area (TPSA) is 72.6 Å². The lowest BCUT2D eigenvalue weighted by Gasteiger charge is -1.56. The van der Waals surface area contributed by atoms with Crippen LogP contribution in [0.15, 0.2) is 0 Å². The van der Waals surface area contributed by atoms with Crippen LogP contribution in [-0.4, -0.2) is 10.3 Å². The van der Waals surface area contributed by atoms with E-state index in [1.807, 2.05) is 0 Å². The van der Waals surface area contributed by atoms with E-state index >= 15 is 0 Å². The summed E-state index contributed by atoms with van der Waals surface area (Å²) in [6, 6.07) is 0. The lowest BCUT2D eigenvalue weighted by Crippen LogP contribution is -1.81. The van der Waals surface area contributed by atoms with Crippen molar-refractivity contribution in [2.75, 3.05) is 0 Å². The summed E-state index contributed by atoms with van der Waals surface area (Å²) in [5.41, 5.74) is 0. The zero-order chi connectivity index (χ0) is 6.28. The molecule has 0 aromatic carbocycles. The van der Waals surface area contributed by atoms with Crippen molar-refractivity contribution >= 4 is 23.7 Å². The van der Waals surface area contributed by atoms with Crippen LogP contribution in [0.5, 0.6) is 0 Å². The molecule has 0 aromatic heterocycles. The first kappa shape index (κ1) is 9.88. The van der Waals surface area contributed by atoms with Gasteiger partial charge in [-0.3, -0.25) is 0 Å². The first-order valence-electron chi connectivity index (χ1n) is 0.874. The van der Waals surface area contributed by atoms with Gasteiger partial charge in [0, 0.05) is 0 Å². The molecule has 0 rings (SSSR count). The van der Waals surface area contributed by atoms with Crippen LogP contribution in [0.1, 0.15) is 0 Å². The predicted octanol–water partition coefficient (Wildman–Crippen LogP) is 0.963. The Morgan fingerprint density at radius 3 is 1.71 bits per heavy atom. The molecule has 0 aliphatic rings. The fourth-order valence-electron chi connectivity index (χ4n) is 0. The molecule has 0 saturated heterocycles. The molecule has 0 heterocycles. The van der Waals surface area contributed by atoms with Gasteiger partial charge in [-0.15, -0.1) is 10.1 Å². The summed E-state index contributed by atoms with van der Waals surface area (Å²) >= 11 is 8.53. The first-order chi connectivity index (χ1) is 3.15. The summed E-state index contributed by atoms with van der Waals surface area (Å²) in [5.74, 6) is 0. The Balaban J connectivity index is 0.